The van der Waals surface area contributed by atoms with E-state index in [1.807, 2.05) is 18.3 Å². The molecule has 1 aliphatic carbocycles. The topological polar surface area (TPSA) is 158 Å². The molecule has 5 aliphatic rings. The van der Waals surface area contributed by atoms with E-state index in [9.17, 15) is 23.1 Å². The van der Waals surface area contributed by atoms with Crippen molar-refractivity contribution in [2.45, 2.75) is 106 Å². The van der Waals surface area contributed by atoms with E-state index in [-0.39, 0.29) is 50.1 Å². The monoisotopic (exact) mass is 798 g/mol. The molecule has 56 heavy (non-hydrogen) atoms. The molecule has 3 N–H and O–H groups in total. The molecule has 4 aromatic rings. The smallest absolute Gasteiger partial charge is 0.350 e. The van der Waals surface area contributed by atoms with Crippen LogP contribution in [0, 0.1) is 18.3 Å². The number of carbonyl (C=O) groups excluding carboxylic acids is 2. The van der Waals surface area contributed by atoms with E-state index in [0.717, 1.165) is 116 Å². The van der Waals surface area contributed by atoms with Crippen LogP contribution in [0.25, 0.3) is 27.4 Å². The average Bonchev–Trinajstić information content (AvgIpc) is 3.82. The highest BCUT2D eigenvalue weighted by atomic mass is 32.3. The Kier molecular flexibility index (Phi) is 9.71. The van der Waals surface area contributed by atoms with Gasteiger partial charge in [0.2, 0.25) is 5.91 Å². The predicted molar refractivity (Wildman–Crippen MR) is 217 cm³/mol. The summed E-state index contributed by atoms with van der Waals surface area (Å²) in [6.45, 7) is 6.63. The number of Topliss-reactive ketones (excluding diaryl/α,β-unsaturated/α-hetero) is 1. The van der Waals surface area contributed by atoms with Crippen LogP contribution in [0.2, 0.25) is 0 Å². The zero-order chi connectivity index (χ0) is 38.8. The van der Waals surface area contributed by atoms with Crippen molar-refractivity contribution in [1.82, 2.24) is 24.8 Å². The molecule has 296 valence electrons. The number of carbonyl (C=O) groups is 2. The van der Waals surface area contributed by atoms with Gasteiger partial charge in [-0.05, 0) is 114 Å². The number of para-hydroxylation sites is 1. The fourth-order valence-electron chi connectivity index (χ4n) is 11.0. The van der Waals surface area contributed by atoms with E-state index < -0.39 is 15.7 Å². The number of fused-ring (bicyclic) bond motifs is 5. The molecule has 1 aromatic carbocycles. The third kappa shape index (κ3) is 6.51. The average molecular weight is 799 g/mol. The maximum Gasteiger partial charge on any atom is 0.350 e. The number of nitrogens with one attached hydrogen (secondary N) is 2. The molecular weight excluding hydrogens is 749 g/mol. The Morgan fingerprint density at radius 2 is 1.89 bits per heavy atom. The van der Waals surface area contributed by atoms with E-state index >= 15 is 0 Å². The van der Waals surface area contributed by atoms with Gasteiger partial charge in [0.25, 0.3) is 0 Å². The van der Waals surface area contributed by atoms with Crippen molar-refractivity contribution in [1.29, 1.82) is 0 Å². The molecule has 7 heterocycles. The van der Waals surface area contributed by atoms with Gasteiger partial charge >= 0.3 is 10.1 Å². The number of aromatic nitrogens is 3. The SMILES string of the molecule is CC(=O)Nc1nc(C)c(S(=O)(=O)Oc2cccc3c2[nH]c2c(C4=C[C@@]5(O)CC/C=C\CCCCN6CC[C@@H]4[C@]4(C[C@@H]7CCC(=O)CCCN7[C@H]45)C6)nccc23)s1. The Morgan fingerprint density at radius 3 is 2.75 bits per heavy atom. The number of piperidine rings is 1. The molecular formula is C42H50N6O6S2. The number of allylic oxidation sites excluding steroid dienone is 3. The first-order valence-corrected chi connectivity index (χ1v) is 22.4. The van der Waals surface area contributed by atoms with Crippen molar-refractivity contribution < 1.29 is 27.3 Å². The number of ketones is 1. The molecule has 3 aromatic heterocycles. The number of benzene rings is 1. The highest BCUT2D eigenvalue weighted by molar-refractivity contribution is 7.89. The normalized spacial score (nSPS) is 30.6. The fraction of sp³-hybridized carbons (Fsp3) is 0.524. The molecule has 0 saturated carbocycles. The lowest BCUT2D eigenvalue weighted by molar-refractivity contribution is -0.121. The maximum absolute atomic E-state index is 13.7. The number of thiazole rings is 1. The molecule has 1 amide bonds. The first kappa shape index (κ1) is 37.6. The standard InChI is InChI=1S/C42H50N6O6S2/c1-26-38(55-40(44-26)45-27(2)49)56(52,53)54-34-13-9-12-30-31-16-19-43-36(37(31)46-35(30)34)32-24-42(51)18-7-5-3-4-6-8-20-47-22-17-33(32)41(25-47)23-28-14-15-29(50)11-10-21-48(28)39(41)42/h3,5,9,12-13,16,19,24,28,33,39,46,51H,4,6-8,10-11,14-15,17-18,20-23,25H2,1-2H3,(H,44,45,49)/b5-3-/t28-,33-,39+,41-,42-/m0/s1. The van der Waals surface area contributed by atoms with Crippen molar-refractivity contribution in [2.24, 2.45) is 11.3 Å². The minimum absolute atomic E-state index is 0.0765. The molecule has 4 aliphatic heterocycles. The Bertz CT molecular complexity index is 2390. The second kappa shape index (κ2) is 14.5. The zero-order valence-electron chi connectivity index (χ0n) is 32.1. The highest BCUT2D eigenvalue weighted by Gasteiger charge is 2.66. The lowest BCUT2D eigenvalue weighted by atomic mass is 9.54. The van der Waals surface area contributed by atoms with Gasteiger partial charge in [-0.15, -0.1) is 0 Å². The van der Waals surface area contributed by atoms with Crippen LogP contribution in [0.5, 0.6) is 5.75 Å². The minimum Gasteiger partial charge on any atom is -0.384 e. The molecule has 3 bridgehead atoms. The van der Waals surface area contributed by atoms with Crippen LogP contribution in [0.3, 0.4) is 0 Å². The predicted octanol–water partition coefficient (Wildman–Crippen LogP) is 6.75. The van der Waals surface area contributed by atoms with Crippen molar-refractivity contribution >= 4 is 65.7 Å². The molecule has 12 nitrogen and oxygen atoms in total. The maximum atomic E-state index is 13.7. The highest BCUT2D eigenvalue weighted by Crippen LogP contribution is 2.62. The summed E-state index contributed by atoms with van der Waals surface area (Å²) in [5.41, 5.74) is 1.98. The van der Waals surface area contributed by atoms with Crippen LogP contribution in [-0.2, 0) is 19.7 Å². The van der Waals surface area contributed by atoms with Gasteiger partial charge in [0.1, 0.15) is 5.78 Å². The number of H-pyrrole nitrogens is 1. The number of aryl methyl sites for hydroxylation is 1. The van der Waals surface area contributed by atoms with Gasteiger partial charge in [-0.25, -0.2) is 4.98 Å². The lowest BCUT2D eigenvalue weighted by Crippen LogP contribution is -2.65. The number of rotatable bonds is 5. The van der Waals surface area contributed by atoms with Crippen LogP contribution in [0.15, 0.2) is 52.9 Å². The molecule has 3 saturated heterocycles. The lowest BCUT2D eigenvalue weighted by Gasteiger charge is -2.58. The third-order valence-electron chi connectivity index (χ3n) is 13.0. The molecule has 1 unspecified atom stereocenters. The first-order valence-electron chi connectivity index (χ1n) is 20.1. The van der Waals surface area contributed by atoms with Crippen LogP contribution < -0.4 is 9.50 Å². The van der Waals surface area contributed by atoms with E-state index in [1.165, 1.54) is 6.92 Å². The summed E-state index contributed by atoms with van der Waals surface area (Å²) in [7, 11) is -4.31. The van der Waals surface area contributed by atoms with Crippen molar-refractivity contribution in [2.75, 3.05) is 31.5 Å². The number of pyridine rings is 1. The zero-order valence-corrected chi connectivity index (χ0v) is 33.7. The quantitative estimate of drug-likeness (QED) is 0.146. The number of hydrogen-bond acceptors (Lipinski definition) is 11. The minimum atomic E-state index is -4.31. The summed E-state index contributed by atoms with van der Waals surface area (Å²) in [6, 6.07) is 7.45. The van der Waals surface area contributed by atoms with E-state index in [1.54, 1.807) is 19.1 Å². The number of aliphatic hydroxyl groups is 1. The fourth-order valence-corrected chi connectivity index (χ4v) is 13.3. The van der Waals surface area contributed by atoms with E-state index in [2.05, 4.69) is 43.3 Å². The van der Waals surface area contributed by atoms with Crippen LogP contribution >= 0.6 is 11.3 Å². The molecule has 9 rings (SSSR count). The number of nitrogens with zero attached hydrogens (tertiary/aromatic N) is 4. The Balaban J connectivity index is 1.17. The first-order chi connectivity index (χ1) is 27.0. The van der Waals surface area contributed by atoms with Gasteiger partial charge < -0.3 is 24.5 Å². The summed E-state index contributed by atoms with van der Waals surface area (Å²) < 4.78 is 33.2. The van der Waals surface area contributed by atoms with E-state index in [0.29, 0.717) is 30.6 Å². The summed E-state index contributed by atoms with van der Waals surface area (Å²) in [4.78, 5) is 42.5. The van der Waals surface area contributed by atoms with Gasteiger partial charge in [0.15, 0.2) is 15.1 Å². The van der Waals surface area contributed by atoms with Crippen molar-refractivity contribution in [3.05, 3.63) is 60.1 Å². The molecule has 6 atom stereocenters. The van der Waals surface area contributed by atoms with Gasteiger partial charge in [0, 0.05) is 60.8 Å². The Hall–Kier alpha value is -3.95. The third-order valence-corrected chi connectivity index (χ3v) is 15.9. The number of aromatic amines is 1. The number of anilines is 1. The number of hydrogen-bond donors (Lipinski definition) is 3. The molecule has 1 spiro atoms. The second-order valence-corrected chi connectivity index (χ2v) is 19.4. The summed E-state index contributed by atoms with van der Waals surface area (Å²) in [6.07, 6.45) is 17.9. The number of amides is 1. The van der Waals surface area contributed by atoms with Crippen LogP contribution in [0.1, 0.15) is 88.9 Å². The molecule has 3 fully saturated rings. The van der Waals surface area contributed by atoms with Gasteiger partial charge in [0.05, 0.1) is 28.0 Å². The van der Waals surface area contributed by atoms with Crippen LogP contribution in [-0.4, -0.2) is 93.8 Å². The van der Waals surface area contributed by atoms with Gasteiger partial charge in [-0.2, -0.15) is 8.42 Å². The Labute approximate surface area is 331 Å². The van der Waals surface area contributed by atoms with Gasteiger partial charge in [-0.3, -0.25) is 19.5 Å². The Morgan fingerprint density at radius 1 is 1.05 bits per heavy atom. The van der Waals surface area contributed by atoms with Crippen molar-refractivity contribution in [3.8, 4) is 5.75 Å². The molecule has 14 heteroatoms. The summed E-state index contributed by atoms with van der Waals surface area (Å²) in [5.74, 6) is 0.274. The largest absolute Gasteiger partial charge is 0.384 e. The van der Waals surface area contributed by atoms with E-state index in [4.69, 9.17) is 9.17 Å². The summed E-state index contributed by atoms with van der Waals surface area (Å²) in [5, 5.41) is 17.7. The molecule has 0 radical (unpaired) electrons. The van der Waals surface area contributed by atoms with Crippen LogP contribution in [0.4, 0.5) is 5.13 Å². The summed E-state index contributed by atoms with van der Waals surface area (Å²) >= 11 is 0.851. The van der Waals surface area contributed by atoms with Crippen molar-refractivity contribution in [3.63, 3.8) is 0 Å². The van der Waals surface area contributed by atoms with Gasteiger partial charge in [-0.1, -0.05) is 35.6 Å². The second-order valence-electron chi connectivity index (χ2n) is 16.6.